The van der Waals surface area contributed by atoms with Gasteiger partial charge in [0.15, 0.2) is 0 Å². The Kier molecular flexibility index (Phi) is 6.58. The number of anilines is 1. The zero-order valence-corrected chi connectivity index (χ0v) is 19.6. The molecule has 1 N–H and O–H groups in total. The standard InChI is InChI=1S/C26H32N4O2/c1-6-10-22-24(19-11-9-14-27-26(19)32-22)30-25-21(8-3)28-23(20(7-2)29-25)18-13-12-17(31-5)15-16(18)4/h9,11-15,22,24H,6-8,10H2,1-5H3,(H,29,30). The van der Waals surface area contributed by atoms with E-state index in [4.69, 9.17) is 19.4 Å². The number of hydrogen-bond acceptors (Lipinski definition) is 6. The largest absolute Gasteiger partial charge is 0.497 e. The molecule has 3 aromatic rings. The first kappa shape index (κ1) is 22.1. The summed E-state index contributed by atoms with van der Waals surface area (Å²) in [7, 11) is 1.69. The summed E-state index contributed by atoms with van der Waals surface area (Å²) in [5.74, 6) is 2.41. The van der Waals surface area contributed by atoms with Crippen molar-refractivity contribution in [3.63, 3.8) is 0 Å². The Bertz CT molecular complexity index is 1100. The Labute approximate surface area is 190 Å². The van der Waals surface area contributed by atoms with Gasteiger partial charge in [-0.3, -0.25) is 0 Å². The summed E-state index contributed by atoms with van der Waals surface area (Å²) >= 11 is 0. The molecule has 3 heterocycles. The first-order valence-corrected chi connectivity index (χ1v) is 11.5. The van der Waals surface area contributed by atoms with Gasteiger partial charge >= 0.3 is 0 Å². The molecule has 0 radical (unpaired) electrons. The third kappa shape index (κ3) is 4.14. The molecule has 168 valence electrons. The molecule has 1 aliphatic rings. The van der Waals surface area contributed by atoms with Crippen LogP contribution in [0.25, 0.3) is 11.3 Å². The Balaban J connectivity index is 1.74. The van der Waals surface area contributed by atoms with Gasteiger partial charge in [0.25, 0.3) is 0 Å². The molecular formula is C26H32N4O2. The Morgan fingerprint density at radius 3 is 2.56 bits per heavy atom. The van der Waals surface area contributed by atoms with Crippen molar-refractivity contribution in [3.05, 3.63) is 59.0 Å². The predicted molar refractivity (Wildman–Crippen MR) is 127 cm³/mol. The monoisotopic (exact) mass is 432 g/mol. The zero-order valence-electron chi connectivity index (χ0n) is 19.6. The average molecular weight is 433 g/mol. The zero-order chi connectivity index (χ0) is 22.7. The van der Waals surface area contributed by atoms with E-state index in [1.165, 1.54) is 0 Å². The molecule has 32 heavy (non-hydrogen) atoms. The van der Waals surface area contributed by atoms with Gasteiger partial charge in [0, 0.05) is 17.3 Å². The molecular weight excluding hydrogens is 400 g/mol. The number of nitrogens with zero attached hydrogens (tertiary/aromatic N) is 3. The molecule has 0 saturated carbocycles. The summed E-state index contributed by atoms with van der Waals surface area (Å²) in [6.45, 7) is 8.51. The average Bonchev–Trinajstić information content (AvgIpc) is 3.16. The highest BCUT2D eigenvalue weighted by molar-refractivity contribution is 5.68. The van der Waals surface area contributed by atoms with Crippen molar-refractivity contribution in [1.29, 1.82) is 0 Å². The fraction of sp³-hybridized carbons (Fsp3) is 0.423. The van der Waals surface area contributed by atoms with Crippen molar-refractivity contribution in [2.24, 2.45) is 0 Å². The van der Waals surface area contributed by atoms with E-state index in [0.29, 0.717) is 0 Å². The minimum atomic E-state index is 0.0107. The van der Waals surface area contributed by atoms with Crippen LogP contribution < -0.4 is 14.8 Å². The summed E-state index contributed by atoms with van der Waals surface area (Å²) in [6.07, 6.45) is 5.39. The first-order chi connectivity index (χ1) is 15.6. The number of rotatable bonds is 8. The fourth-order valence-corrected chi connectivity index (χ4v) is 4.34. The molecule has 6 nitrogen and oxygen atoms in total. The first-order valence-electron chi connectivity index (χ1n) is 11.5. The minimum Gasteiger partial charge on any atom is -0.497 e. The van der Waals surface area contributed by atoms with Crippen molar-refractivity contribution in [3.8, 4) is 22.9 Å². The SMILES string of the molecule is CCCC1Oc2ncccc2C1Nc1nc(CC)c(-c2ccc(OC)cc2C)nc1CC. The van der Waals surface area contributed by atoms with E-state index in [9.17, 15) is 0 Å². The highest BCUT2D eigenvalue weighted by Crippen LogP contribution is 2.39. The summed E-state index contributed by atoms with van der Waals surface area (Å²) < 4.78 is 11.5. The number of fused-ring (bicyclic) bond motifs is 1. The molecule has 0 amide bonds. The van der Waals surface area contributed by atoms with Crippen molar-refractivity contribution < 1.29 is 9.47 Å². The molecule has 2 atom stereocenters. The number of benzene rings is 1. The number of hydrogen-bond donors (Lipinski definition) is 1. The number of methoxy groups -OCH3 is 1. The van der Waals surface area contributed by atoms with Crippen molar-refractivity contribution in [1.82, 2.24) is 15.0 Å². The van der Waals surface area contributed by atoms with Gasteiger partial charge in [0.05, 0.1) is 30.2 Å². The van der Waals surface area contributed by atoms with E-state index in [1.54, 1.807) is 13.3 Å². The Hall–Kier alpha value is -3.15. The van der Waals surface area contributed by atoms with Gasteiger partial charge < -0.3 is 14.8 Å². The van der Waals surface area contributed by atoms with E-state index < -0.39 is 0 Å². The minimum absolute atomic E-state index is 0.0107. The molecule has 2 aromatic heterocycles. The molecule has 4 rings (SSSR count). The van der Waals surface area contributed by atoms with Gasteiger partial charge in [-0.05, 0) is 62.1 Å². The van der Waals surface area contributed by atoms with Gasteiger partial charge in [-0.1, -0.05) is 27.2 Å². The van der Waals surface area contributed by atoms with Gasteiger partial charge in [-0.25, -0.2) is 15.0 Å². The van der Waals surface area contributed by atoms with Crippen LogP contribution in [-0.2, 0) is 12.8 Å². The lowest BCUT2D eigenvalue weighted by atomic mass is 10.0. The molecule has 0 saturated heterocycles. The Morgan fingerprint density at radius 1 is 1.06 bits per heavy atom. The van der Waals surface area contributed by atoms with Gasteiger partial charge in [-0.15, -0.1) is 0 Å². The molecule has 6 heteroatoms. The maximum atomic E-state index is 6.16. The quantitative estimate of drug-likeness (QED) is 0.493. The summed E-state index contributed by atoms with van der Waals surface area (Å²) in [6, 6.07) is 10.2. The van der Waals surface area contributed by atoms with Crippen molar-refractivity contribution in [2.75, 3.05) is 12.4 Å². The number of ether oxygens (including phenoxy) is 2. The van der Waals surface area contributed by atoms with Crippen molar-refractivity contribution in [2.45, 2.75) is 65.5 Å². The van der Waals surface area contributed by atoms with Gasteiger partial charge in [0.2, 0.25) is 5.88 Å². The second-order valence-corrected chi connectivity index (χ2v) is 8.17. The van der Waals surface area contributed by atoms with Crippen LogP contribution in [0.15, 0.2) is 36.5 Å². The van der Waals surface area contributed by atoms with Crippen molar-refractivity contribution >= 4 is 5.82 Å². The van der Waals surface area contributed by atoms with E-state index in [-0.39, 0.29) is 12.1 Å². The second kappa shape index (κ2) is 9.55. The molecule has 0 spiro atoms. The summed E-state index contributed by atoms with van der Waals surface area (Å²) in [4.78, 5) is 14.6. The number of aromatic nitrogens is 3. The van der Waals surface area contributed by atoms with Gasteiger partial charge in [0.1, 0.15) is 17.7 Å². The predicted octanol–water partition coefficient (Wildman–Crippen LogP) is 5.69. The lowest BCUT2D eigenvalue weighted by molar-refractivity contribution is 0.195. The van der Waals surface area contributed by atoms with E-state index in [1.807, 2.05) is 18.2 Å². The molecule has 0 fully saturated rings. The maximum Gasteiger partial charge on any atom is 0.219 e. The molecule has 1 aromatic carbocycles. The molecule has 2 unspecified atom stereocenters. The Morgan fingerprint density at radius 2 is 1.88 bits per heavy atom. The van der Waals surface area contributed by atoms with Crippen LogP contribution in [0.3, 0.4) is 0 Å². The third-order valence-corrected chi connectivity index (χ3v) is 6.03. The van der Waals surface area contributed by atoms with E-state index in [2.05, 4.69) is 50.1 Å². The highest BCUT2D eigenvalue weighted by atomic mass is 16.5. The topological polar surface area (TPSA) is 69.2 Å². The highest BCUT2D eigenvalue weighted by Gasteiger charge is 2.35. The number of aryl methyl sites for hydroxylation is 3. The third-order valence-electron chi connectivity index (χ3n) is 6.03. The number of pyridine rings is 1. The summed E-state index contributed by atoms with van der Waals surface area (Å²) in [5.41, 5.74) is 6.20. The number of nitrogens with one attached hydrogen (secondary N) is 1. The summed E-state index contributed by atoms with van der Waals surface area (Å²) in [5, 5.41) is 3.68. The smallest absolute Gasteiger partial charge is 0.219 e. The second-order valence-electron chi connectivity index (χ2n) is 8.17. The van der Waals surface area contributed by atoms with E-state index >= 15 is 0 Å². The lowest BCUT2D eigenvalue weighted by Crippen LogP contribution is -2.26. The fourth-order valence-electron chi connectivity index (χ4n) is 4.34. The molecule has 1 aliphatic heterocycles. The lowest BCUT2D eigenvalue weighted by Gasteiger charge is -2.23. The molecule has 0 bridgehead atoms. The van der Waals surface area contributed by atoms with Crippen LogP contribution in [0.1, 0.15) is 62.2 Å². The van der Waals surface area contributed by atoms with Crippen LogP contribution in [0, 0.1) is 6.92 Å². The normalized spacial score (nSPS) is 17.0. The van der Waals surface area contributed by atoms with Crippen LogP contribution in [0.2, 0.25) is 0 Å². The van der Waals surface area contributed by atoms with Crippen LogP contribution in [0.4, 0.5) is 5.82 Å². The van der Waals surface area contributed by atoms with Crippen LogP contribution in [-0.4, -0.2) is 28.2 Å². The molecule has 0 aliphatic carbocycles. The van der Waals surface area contributed by atoms with Gasteiger partial charge in [-0.2, -0.15) is 0 Å². The van der Waals surface area contributed by atoms with E-state index in [0.717, 1.165) is 76.9 Å². The maximum absolute atomic E-state index is 6.16. The van der Waals surface area contributed by atoms with Crippen LogP contribution in [0.5, 0.6) is 11.6 Å². The van der Waals surface area contributed by atoms with Crippen LogP contribution >= 0.6 is 0 Å².